The number of para-hydroxylation sites is 1. The van der Waals surface area contributed by atoms with E-state index in [1.807, 2.05) is 6.92 Å². The number of carbonyl (C=O) groups is 1. The SMILES string of the molecule is Cc1cc(NC(=O)Cn2c(=O)n(Cc3ccc(Cl)cc3)c(=O)c3ccccc32)n[nH]1. The minimum atomic E-state index is -0.568. The molecule has 9 heteroatoms. The standard InChI is InChI=1S/C21H18ClN5O3/c1-13-10-18(25-24-13)23-19(28)12-26-17-5-3-2-4-16(17)20(29)27(21(26)30)11-14-6-8-15(22)9-7-14/h2-10H,11-12H2,1H3,(H2,23,24,25,28). The molecule has 0 saturated carbocycles. The van der Waals surface area contributed by atoms with Crippen molar-refractivity contribution in [3.05, 3.63) is 91.7 Å². The van der Waals surface area contributed by atoms with Crippen molar-refractivity contribution in [3.63, 3.8) is 0 Å². The number of nitrogens with zero attached hydrogens (tertiary/aromatic N) is 3. The van der Waals surface area contributed by atoms with E-state index in [1.165, 1.54) is 4.57 Å². The van der Waals surface area contributed by atoms with Gasteiger partial charge in [0.25, 0.3) is 5.56 Å². The lowest BCUT2D eigenvalue weighted by Crippen LogP contribution is -2.42. The molecule has 0 saturated heterocycles. The minimum absolute atomic E-state index is 0.0693. The first-order valence-electron chi connectivity index (χ1n) is 9.21. The third kappa shape index (κ3) is 3.90. The molecular formula is C21H18ClN5O3. The number of H-pyrrole nitrogens is 1. The van der Waals surface area contributed by atoms with Crippen LogP contribution < -0.4 is 16.6 Å². The Labute approximate surface area is 175 Å². The number of aromatic amines is 1. The second kappa shape index (κ2) is 8.00. The molecule has 0 aliphatic carbocycles. The highest BCUT2D eigenvalue weighted by molar-refractivity contribution is 6.30. The zero-order valence-electron chi connectivity index (χ0n) is 16.1. The maximum absolute atomic E-state index is 13.2. The summed E-state index contributed by atoms with van der Waals surface area (Å²) >= 11 is 5.92. The number of hydrogen-bond acceptors (Lipinski definition) is 4. The predicted molar refractivity (Wildman–Crippen MR) is 115 cm³/mol. The second-order valence-corrected chi connectivity index (χ2v) is 7.32. The Morgan fingerprint density at radius 1 is 1.10 bits per heavy atom. The summed E-state index contributed by atoms with van der Waals surface area (Å²) in [6.45, 7) is 1.62. The number of aryl methyl sites for hydroxylation is 1. The third-order valence-electron chi connectivity index (χ3n) is 4.66. The summed E-state index contributed by atoms with van der Waals surface area (Å²) < 4.78 is 2.42. The molecule has 2 N–H and O–H groups in total. The molecule has 152 valence electrons. The first-order chi connectivity index (χ1) is 14.4. The smallest absolute Gasteiger partial charge is 0.308 e. The van der Waals surface area contributed by atoms with Crippen molar-refractivity contribution in [1.29, 1.82) is 0 Å². The summed E-state index contributed by atoms with van der Waals surface area (Å²) in [6, 6.07) is 15.3. The number of carbonyl (C=O) groups excluding carboxylic acids is 1. The van der Waals surface area contributed by atoms with Gasteiger partial charge in [0.15, 0.2) is 5.82 Å². The number of aromatic nitrogens is 4. The first-order valence-corrected chi connectivity index (χ1v) is 9.59. The van der Waals surface area contributed by atoms with Gasteiger partial charge in [0, 0.05) is 16.8 Å². The normalized spacial score (nSPS) is 11.0. The van der Waals surface area contributed by atoms with Crippen molar-refractivity contribution in [3.8, 4) is 0 Å². The molecule has 1 amide bonds. The van der Waals surface area contributed by atoms with Gasteiger partial charge in [-0.05, 0) is 36.8 Å². The lowest BCUT2D eigenvalue weighted by Gasteiger charge is -2.14. The van der Waals surface area contributed by atoms with Crippen molar-refractivity contribution in [2.75, 3.05) is 5.32 Å². The Morgan fingerprint density at radius 2 is 1.83 bits per heavy atom. The molecule has 4 aromatic rings. The molecule has 2 heterocycles. The lowest BCUT2D eigenvalue weighted by atomic mass is 10.2. The minimum Gasteiger partial charge on any atom is -0.308 e. The lowest BCUT2D eigenvalue weighted by molar-refractivity contribution is -0.116. The summed E-state index contributed by atoms with van der Waals surface area (Å²) in [5, 5.41) is 10.3. The fourth-order valence-corrected chi connectivity index (χ4v) is 3.37. The van der Waals surface area contributed by atoms with Gasteiger partial charge >= 0.3 is 5.69 Å². The van der Waals surface area contributed by atoms with Crippen LogP contribution in [0.1, 0.15) is 11.3 Å². The van der Waals surface area contributed by atoms with Gasteiger partial charge in [0.2, 0.25) is 5.91 Å². The van der Waals surface area contributed by atoms with Gasteiger partial charge in [-0.1, -0.05) is 35.9 Å². The maximum atomic E-state index is 13.2. The van der Waals surface area contributed by atoms with E-state index in [9.17, 15) is 14.4 Å². The number of anilines is 1. The van der Waals surface area contributed by atoms with Crippen LogP contribution in [0.25, 0.3) is 10.9 Å². The summed E-state index contributed by atoms with van der Waals surface area (Å²) in [4.78, 5) is 38.7. The molecule has 0 unspecified atom stereocenters. The van der Waals surface area contributed by atoms with Gasteiger partial charge in [-0.15, -0.1) is 0 Å². The van der Waals surface area contributed by atoms with E-state index in [0.29, 0.717) is 21.7 Å². The fraction of sp³-hybridized carbons (Fsp3) is 0.143. The van der Waals surface area contributed by atoms with E-state index in [2.05, 4.69) is 15.5 Å². The average molecular weight is 424 g/mol. The Kier molecular flexibility index (Phi) is 5.24. The quantitative estimate of drug-likeness (QED) is 0.515. The largest absolute Gasteiger partial charge is 0.332 e. The van der Waals surface area contributed by atoms with Crippen LogP contribution >= 0.6 is 11.6 Å². The maximum Gasteiger partial charge on any atom is 0.332 e. The van der Waals surface area contributed by atoms with Gasteiger partial charge in [0.1, 0.15) is 6.54 Å². The molecule has 0 aliphatic rings. The van der Waals surface area contributed by atoms with Gasteiger partial charge in [-0.2, -0.15) is 5.10 Å². The van der Waals surface area contributed by atoms with Crippen LogP contribution in [0.5, 0.6) is 0 Å². The van der Waals surface area contributed by atoms with Crippen LogP contribution in [-0.4, -0.2) is 25.2 Å². The Bertz CT molecular complexity index is 1350. The first kappa shape index (κ1) is 19.7. The van der Waals surface area contributed by atoms with Crippen molar-refractivity contribution >= 4 is 34.2 Å². The number of nitrogens with one attached hydrogen (secondary N) is 2. The van der Waals surface area contributed by atoms with Crippen molar-refractivity contribution in [1.82, 2.24) is 19.3 Å². The Hall–Kier alpha value is -3.65. The van der Waals surface area contributed by atoms with Crippen LogP contribution in [0.15, 0.2) is 64.2 Å². The van der Waals surface area contributed by atoms with Crippen LogP contribution in [0.3, 0.4) is 0 Å². The number of hydrogen-bond donors (Lipinski definition) is 2. The molecule has 0 radical (unpaired) electrons. The van der Waals surface area contributed by atoms with Crippen molar-refractivity contribution in [2.45, 2.75) is 20.0 Å². The van der Waals surface area contributed by atoms with Crippen LogP contribution in [-0.2, 0) is 17.9 Å². The zero-order valence-corrected chi connectivity index (χ0v) is 16.8. The average Bonchev–Trinajstić information content (AvgIpc) is 3.14. The van der Waals surface area contributed by atoms with Gasteiger partial charge in [-0.3, -0.25) is 23.8 Å². The van der Waals surface area contributed by atoms with E-state index < -0.39 is 17.2 Å². The van der Waals surface area contributed by atoms with Crippen molar-refractivity contribution in [2.24, 2.45) is 0 Å². The van der Waals surface area contributed by atoms with Crippen molar-refractivity contribution < 1.29 is 4.79 Å². The molecule has 30 heavy (non-hydrogen) atoms. The highest BCUT2D eigenvalue weighted by Gasteiger charge is 2.16. The summed E-state index contributed by atoms with van der Waals surface area (Å²) in [5.74, 6) is -0.0604. The zero-order chi connectivity index (χ0) is 21.3. The highest BCUT2D eigenvalue weighted by Crippen LogP contribution is 2.12. The van der Waals surface area contributed by atoms with Crippen LogP contribution in [0, 0.1) is 6.92 Å². The summed E-state index contributed by atoms with van der Waals surface area (Å²) in [5.41, 5.74) is 0.960. The number of benzene rings is 2. The molecule has 0 spiro atoms. The molecule has 0 atom stereocenters. The van der Waals surface area contributed by atoms with E-state index in [4.69, 9.17) is 11.6 Å². The third-order valence-corrected chi connectivity index (χ3v) is 4.91. The molecule has 4 rings (SSSR count). The molecule has 2 aromatic heterocycles. The van der Waals surface area contributed by atoms with E-state index in [0.717, 1.165) is 15.8 Å². The van der Waals surface area contributed by atoms with E-state index >= 15 is 0 Å². The van der Waals surface area contributed by atoms with Gasteiger partial charge in [-0.25, -0.2) is 4.79 Å². The molecule has 0 fully saturated rings. The molecule has 2 aromatic carbocycles. The number of fused-ring (bicyclic) bond motifs is 1. The topological polar surface area (TPSA) is 102 Å². The number of rotatable bonds is 5. The molecule has 8 nitrogen and oxygen atoms in total. The van der Waals surface area contributed by atoms with E-state index in [1.54, 1.807) is 54.6 Å². The number of amides is 1. The molecule has 0 aliphatic heterocycles. The Balaban J connectivity index is 1.76. The van der Waals surface area contributed by atoms with Crippen LogP contribution in [0.4, 0.5) is 5.82 Å². The molecular weight excluding hydrogens is 406 g/mol. The fourth-order valence-electron chi connectivity index (χ4n) is 3.24. The predicted octanol–water partition coefficient (Wildman–Crippen LogP) is 2.54. The number of halogens is 1. The van der Waals surface area contributed by atoms with E-state index in [-0.39, 0.29) is 13.1 Å². The van der Waals surface area contributed by atoms with Gasteiger partial charge in [0.05, 0.1) is 17.4 Å². The van der Waals surface area contributed by atoms with Crippen LogP contribution in [0.2, 0.25) is 5.02 Å². The highest BCUT2D eigenvalue weighted by atomic mass is 35.5. The summed E-state index contributed by atoms with van der Waals surface area (Å²) in [6.07, 6.45) is 0. The Morgan fingerprint density at radius 3 is 2.53 bits per heavy atom. The molecule has 0 bridgehead atoms. The summed E-state index contributed by atoms with van der Waals surface area (Å²) in [7, 11) is 0. The second-order valence-electron chi connectivity index (χ2n) is 6.89. The monoisotopic (exact) mass is 423 g/mol. The van der Waals surface area contributed by atoms with Gasteiger partial charge < -0.3 is 5.32 Å².